The van der Waals surface area contributed by atoms with E-state index in [4.69, 9.17) is 4.98 Å². The molecule has 0 radical (unpaired) electrons. The first-order chi connectivity index (χ1) is 11.7. The summed E-state index contributed by atoms with van der Waals surface area (Å²) >= 11 is 3.99. The van der Waals surface area contributed by atoms with Crippen LogP contribution < -0.4 is 10.0 Å². The smallest absolute Gasteiger partial charge is 0.151 e. The zero-order valence-electron chi connectivity index (χ0n) is 13.8. The fourth-order valence-corrected chi connectivity index (χ4v) is 4.40. The van der Waals surface area contributed by atoms with Gasteiger partial charge >= 0.3 is 0 Å². The number of pyridine rings is 1. The molecule has 0 unspecified atom stereocenters. The molecule has 2 N–H and O–H groups in total. The molecule has 0 amide bonds. The molecule has 7 heteroatoms. The van der Waals surface area contributed by atoms with Crippen molar-refractivity contribution in [1.82, 2.24) is 8.96 Å². The normalized spacial score (nSPS) is 11.0. The molecule has 0 bridgehead atoms. The molecular formula is C17H19IN4S2. The average molecular weight is 470 g/mol. The van der Waals surface area contributed by atoms with Crippen molar-refractivity contribution in [3.05, 3.63) is 42.2 Å². The molecule has 3 rings (SSSR count). The van der Waals surface area contributed by atoms with Gasteiger partial charge in [0.2, 0.25) is 0 Å². The van der Waals surface area contributed by atoms with Gasteiger partial charge in [0.05, 0.1) is 0 Å². The molecule has 0 saturated carbocycles. The van der Waals surface area contributed by atoms with E-state index in [1.807, 2.05) is 14.0 Å². The van der Waals surface area contributed by atoms with Crippen LogP contribution in [0.1, 0.15) is 12.6 Å². The van der Waals surface area contributed by atoms with Crippen molar-refractivity contribution in [3.63, 3.8) is 0 Å². The molecule has 0 atom stereocenters. The zero-order valence-corrected chi connectivity index (χ0v) is 17.6. The van der Waals surface area contributed by atoms with E-state index in [1.54, 1.807) is 21.1 Å². The monoisotopic (exact) mass is 470 g/mol. The second kappa shape index (κ2) is 7.88. The van der Waals surface area contributed by atoms with Gasteiger partial charge in [0, 0.05) is 77.3 Å². The van der Waals surface area contributed by atoms with Crippen molar-refractivity contribution in [2.75, 3.05) is 22.8 Å². The highest BCUT2D eigenvalue weighted by atomic mass is 127. The number of halogens is 1. The van der Waals surface area contributed by atoms with Crippen molar-refractivity contribution in [3.8, 4) is 11.1 Å². The number of nitrogens with one attached hydrogen (secondary N) is 2. The molecule has 24 heavy (non-hydrogen) atoms. The van der Waals surface area contributed by atoms with Crippen LogP contribution in [0.3, 0.4) is 0 Å². The van der Waals surface area contributed by atoms with Gasteiger partial charge in [-0.25, -0.2) is 4.98 Å². The standard InChI is InChI=1S/C17H19IN4S2/c1-4-23-21-12-5-6-16(19-3)15(10-12)14-9-11(2)20-17-13(14)7-8-22(17)24-18/h5-10,19,21H,4H2,1-3H3. The number of anilines is 2. The number of nitrogens with zero attached hydrogens (tertiary/aromatic N) is 2. The maximum Gasteiger partial charge on any atom is 0.151 e. The van der Waals surface area contributed by atoms with Crippen molar-refractivity contribution >= 4 is 64.7 Å². The lowest BCUT2D eigenvalue weighted by Crippen LogP contribution is -1.96. The first-order valence-corrected chi connectivity index (χ1v) is 12.0. The molecule has 0 aliphatic rings. The third-order valence-electron chi connectivity index (χ3n) is 3.74. The summed E-state index contributed by atoms with van der Waals surface area (Å²) in [4.78, 5) is 4.72. The Morgan fingerprint density at radius 3 is 2.75 bits per heavy atom. The molecule has 2 aromatic heterocycles. The van der Waals surface area contributed by atoms with E-state index >= 15 is 0 Å². The predicted octanol–water partition coefficient (Wildman–Crippen LogP) is 5.98. The zero-order chi connectivity index (χ0) is 17.1. The number of benzene rings is 1. The van der Waals surface area contributed by atoms with Crippen LogP contribution in [-0.2, 0) is 0 Å². The number of aromatic nitrogens is 2. The number of fused-ring (bicyclic) bond motifs is 1. The summed E-state index contributed by atoms with van der Waals surface area (Å²) in [6.07, 6.45) is 2.08. The van der Waals surface area contributed by atoms with Gasteiger partial charge in [0.15, 0.2) is 5.65 Å². The van der Waals surface area contributed by atoms with E-state index in [0.29, 0.717) is 0 Å². The maximum absolute atomic E-state index is 4.72. The highest BCUT2D eigenvalue weighted by Gasteiger charge is 2.14. The Morgan fingerprint density at radius 1 is 1.21 bits per heavy atom. The molecular weight excluding hydrogens is 451 g/mol. The predicted molar refractivity (Wildman–Crippen MR) is 118 cm³/mol. The van der Waals surface area contributed by atoms with E-state index in [1.165, 1.54) is 16.5 Å². The highest BCUT2D eigenvalue weighted by molar-refractivity contribution is 14.2. The van der Waals surface area contributed by atoms with Crippen molar-refractivity contribution in [2.45, 2.75) is 13.8 Å². The molecule has 126 valence electrons. The summed E-state index contributed by atoms with van der Waals surface area (Å²) < 4.78 is 5.50. The molecule has 0 aliphatic carbocycles. The van der Waals surface area contributed by atoms with Gasteiger partial charge in [-0.15, -0.1) is 0 Å². The van der Waals surface area contributed by atoms with Crippen LogP contribution in [-0.4, -0.2) is 21.8 Å². The van der Waals surface area contributed by atoms with Crippen LogP contribution in [0.4, 0.5) is 11.4 Å². The second-order valence-electron chi connectivity index (χ2n) is 5.30. The minimum Gasteiger partial charge on any atom is -0.388 e. The van der Waals surface area contributed by atoms with E-state index < -0.39 is 0 Å². The van der Waals surface area contributed by atoms with E-state index in [0.717, 1.165) is 28.5 Å². The van der Waals surface area contributed by atoms with Crippen molar-refractivity contribution < 1.29 is 0 Å². The third kappa shape index (κ3) is 3.48. The lowest BCUT2D eigenvalue weighted by Gasteiger charge is -2.14. The second-order valence-corrected chi connectivity index (χ2v) is 8.09. The van der Waals surface area contributed by atoms with E-state index in [2.05, 4.69) is 78.7 Å². The Hall–Kier alpha value is -1.06. The van der Waals surface area contributed by atoms with Crippen LogP contribution in [0.15, 0.2) is 36.5 Å². The minimum atomic E-state index is 1.01. The maximum atomic E-state index is 4.72. The van der Waals surface area contributed by atoms with Crippen molar-refractivity contribution in [1.29, 1.82) is 0 Å². The number of hydrogen-bond donors (Lipinski definition) is 2. The fourth-order valence-electron chi connectivity index (χ4n) is 2.69. The molecule has 2 heterocycles. The first-order valence-electron chi connectivity index (χ1n) is 7.65. The Balaban J connectivity index is 2.20. The van der Waals surface area contributed by atoms with Gasteiger partial charge in [-0.1, -0.05) is 18.9 Å². The van der Waals surface area contributed by atoms with Gasteiger partial charge in [0.1, 0.15) is 0 Å². The topological polar surface area (TPSA) is 41.9 Å². The molecule has 1 aromatic carbocycles. The summed E-state index contributed by atoms with van der Waals surface area (Å²) in [5.74, 6) is 1.03. The van der Waals surface area contributed by atoms with Crippen LogP contribution in [0.25, 0.3) is 22.2 Å². The number of aryl methyl sites for hydroxylation is 1. The fraction of sp³-hybridized carbons (Fsp3) is 0.235. The Bertz CT molecular complexity index is 863. The Labute approximate surface area is 163 Å². The molecule has 3 aromatic rings. The Kier molecular flexibility index (Phi) is 5.83. The van der Waals surface area contributed by atoms with Crippen LogP contribution in [0, 0.1) is 6.92 Å². The largest absolute Gasteiger partial charge is 0.388 e. The summed E-state index contributed by atoms with van der Waals surface area (Å²) in [6, 6.07) is 10.7. The average Bonchev–Trinajstić information content (AvgIpc) is 3.01. The molecule has 0 saturated heterocycles. The molecule has 0 fully saturated rings. The molecule has 4 nitrogen and oxygen atoms in total. The summed E-state index contributed by atoms with van der Waals surface area (Å²) in [6.45, 7) is 4.19. The summed E-state index contributed by atoms with van der Waals surface area (Å²) in [5.41, 5.74) is 6.64. The summed E-state index contributed by atoms with van der Waals surface area (Å²) in [5, 5.41) is 4.48. The molecule has 0 aliphatic heterocycles. The third-order valence-corrected chi connectivity index (χ3v) is 6.12. The van der Waals surface area contributed by atoms with Crippen LogP contribution in [0.2, 0.25) is 0 Å². The van der Waals surface area contributed by atoms with Gasteiger partial charge in [-0.2, -0.15) is 0 Å². The van der Waals surface area contributed by atoms with Crippen molar-refractivity contribution in [2.24, 2.45) is 0 Å². The van der Waals surface area contributed by atoms with E-state index in [9.17, 15) is 0 Å². The van der Waals surface area contributed by atoms with Gasteiger partial charge in [-0.3, -0.25) is 3.97 Å². The van der Waals surface area contributed by atoms with Gasteiger partial charge in [-0.05, 0) is 42.8 Å². The minimum absolute atomic E-state index is 1.01. The van der Waals surface area contributed by atoms with Gasteiger partial charge < -0.3 is 10.0 Å². The first kappa shape index (κ1) is 17.8. The number of hydrogen-bond acceptors (Lipinski definition) is 5. The lowest BCUT2D eigenvalue weighted by molar-refractivity contribution is 1.20. The Morgan fingerprint density at radius 2 is 2.04 bits per heavy atom. The van der Waals surface area contributed by atoms with Gasteiger partial charge in [0.25, 0.3) is 0 Å². The molecule has 0 spiro atoms. The van der Waals surface area contributed by atoms with Crippen LogP contribution in [0.5, 0.6) is 0 Å². The van der Waals surface area contributed by atoms with Crippen LogP contribution >= 0.6 is 42.3 Å². The lowest BCUT2D eigenvalue weighted by atomic mass is 10.00. The highest BCUT2D eigenvalue weighted by Crippen LogP contribution is 2.37. The number of rotatable bonds is 6. The summed E-state index contributed by atoms with van der Waals surface area (Å²) in [7, 11) is 3.60. The SMILES string of the molecule is CCSNc1ccc(NC)c(-c2cc(C)nc3c2ccn3SI)c1. The van der Waals surface area contributed by atoms with E-state index in [-0.39, 0.29) is 0 Å². The quantitative estimate of drug-likeness (QED) is 0.343.